The Morgan fingerprint density at radius 1 is 1.53 bits per heavy atom. The van der Waals surface area contributed by atoms with Gasteiger partial charge in [0.2, 0.25) is 0 Å². The predicted molar refractivity (Wildman–Crippen MR) is 70.9 cm³/mol. The molecule has 0 spiro atoms. The van der Waals surface area contributed by atoms with E-state index in [0.717, 1.165) is 25.6 Å². The molecule has 1 aromatic carbocycles. The summed E-state index contributed by atoms with van der Waals surface area (Å²) < 4.78 is 18.8. The van der Waals surface area contributed by atoms with E-state index in [1.807, 2.05) is 6.92 Å². The van der Waals surface area contributed by atoms with Crippen LogP contribution < -0.4 is 10.1 Å². The van der Waals surface area contributed by atoms with E-state index in [2.05, 4.69) is 12.2 Å². The van der Waals surface area contributed by atoms with Crippen LogP contribution >= 0.6 is 0 Å². The van der Waals surface area contributed by atoms with Gasteiger partial charge in [0.15, 0.2) is 11.6 Å². The fourth-order valence-corrected chi connectivity index (χ4v) is 1.54. The number of benzene rings is 1. The summed E-state index contributed by atoms with van der Waals surface area (Å²) in [6, 6.07) is 3.40. The summed E-state index contributed by atoms with van der Waals surface area (Å²) in [5, 5.41) is 13.7. The number of nitro benzene ring substituents is 1. The second kappa shape index (κ2) is 7.68. The Kier molecular flexibility index (Phi) is 6.21. The Balaban J connectivity index is 2.47. The summed E-state index contributed by atoms with van der Waals surface area (Å²) >= 11 is 0. The molecule has 5 nitrogen and oxygen atoms in total. The van der Waals surface area contributed by atoms with Gasteiger partial charge in [-0.2, -0.15) is 0 Å². The zero-order valence-electron chi connectivity index (χ0n) is 11.2. The predicted octanol–water partition coefficient (Wildman–Crippen LogP) is 2.75. The lowest BCUT2D eigenvalue weighted by molar-refractivity contribution is -0.385. The first-order valence-electron chi connectivity index (χ1n) is 6.32. The minimum Gasteiger partial charge on any atom is -0.490 e. The first-order valence-corrected chi connectivity index (χ1v) is 6.32. The van der Waals surface area contributed by atoms with Crippen LogP contribution in [0.2, 0.25) is 0 Å². The van der Waals surface area contributed by atoms with Crippen LogP contribution in [0.5, 0.6) is 5.75 Å². The molecule has 0 amide bonds. The molecule has 1 N–H and O–H groups in total. The topological polar surface area (TPSA) is 64.4 Å². The lowest BCUT2D eigenvalue weighted by Gasteiger charge is -2.14. The molecule has 0 aromatic heterocycles. The van der Waals surface area contributed by atoms with E-state index in [0.29, 0.717) is 6.61 Å². The Bertz CT molecular complexity index is 426. The van der Waals surface area contributed by atoms with Crippen LogP contribution in [0.4, 0.5) is 10.1 Å². The molecule has 0 heterocycles. The number of hydrogen-bond donors (Lipinski definition) is 1. The number of nitrogens with zero attached hydrogens (tertiary/aromatic N) is 1. The van der Waals surface area contributed by atoms with Gasteiger partial charge in [-0.15, -0.1) is 0 Å². The second-order valence-corrected chi connectivity index (χ2v) is 4.49. The zero-order chi connectivity index (χ0) is 14.3. The average Bonchev–Trinajstić information content (AvgIpc) is 2.37. The molecule has 1 atom stereocenters. The van der Waals surface area contributed by atoms with E-state index in [4.69, 9.17) is 4.74 Å². The molecular weight excluding hydrogens is 251 g/mol. The fourth-order valence-electron chi connectivity index (χ4n) is 1.54. The summed E-state index contributed by atoms with van der Waals surface area (Å²) in [5.74, 6) is -0.419. The number of non-ortho nitro benzene ring substituents is 1. The maximum Gasteiger partial charge on any atom is 0.272 e. The van der Waals surface area contributed by atoms with Gasteiger partial charge in [0, 0.05) is 18.5 Å². The van der Waals surface area contributed by atoms with Crippen LogP contribution in [-0.4, -0.2) is 24.6 Å². The van der Waals surface area contributed by atoms with E-state index in [9.17, 15) is 14.5 Å². The molecule has 0 radical (unpaired) electrons. The third-order valence-corrected chi connectivity index (χ3v) is 2.57. The fraction of sp³-hybridized carbons (Fsp3) is 0.538. The molecule has 0 aliphatic heterocycles. The van der Waals surface area contributed by atoms with Crippen molar-refractivity contribution in [1.29, 1.82) is 0 Å². The molecule has 0 saturated heterocycles. The van der Waals surface area contributed by atoms with Crippen molar-refractivity contribution in [2.24, 2.45) is 5.92 Å². The Hall–Kier alpha value is -1.69. The van der Waals surface area contributed by atoms with Gasteiger partial charge in [0.25, 0.3) is 5.69 Å². The lowest BCUT2D eigenvalue weighted by atomic mass is 10.2. The number of nitro groups is 1. The minimum absolute atomic E-state index is 0.0490. The van der Waals surface area contributed by atoms with Crippen molar-refractivity contribution in [3.8, 4) is 5.75 Å². The van der Waals surface area contributed by atoms with Gasteiger partial charge < -0.3 is 10.1 Å². The minimum atomic E-state index is -0.706. The van der Waals surface area contributed by atoms with E-state index in [1.54, 1.807) is 0 Å². The van der Waals surface area contributed by atoms with Crippen molar-refractivity contribution in [2.75, 3.05) is 19.7 Å². The second-order valence-electron chi connectivity index (χ2n) is 4.49. The molecular formula is C13H19FN2O3. The third kappa shape index (κ3) is 5.21. The number of nitrogens with one attached hydrogen (secondary N) is 1. The number of hydrogen-bond acceptors (Lipinski definition) is 4. The lowest BCUT2D eigenvalue weighted by Crippen LogP contribution is -2.25. The standard InChI is InChI=1S/C13H19FN2O3/c1-3-6-15-8-10(2)9-19-13-5-4-11(16(17)18)7-12(13)14/h4-5,7,10,15H,3,6,8-9H2,1-2H3. The monoisotopic (exact) mass is 270 g/mol. The summed E-state index contributed by atoms with van der Waals surface area (Å²) in [4.78, 5) is 9.83. The van der Waals surface area contributed by atoms with Gasteiger partial charge in [0.05, 0.1) is 17.6 Å². The van der Waals surface area contributed by atoms with E-state index >= 15 is 0 Å². The number of halogens is 1. The molecule has 106 valence electrons. The van der Waals surface area contributed by atoms with Crippen LogP contribution in [0.25, 0.3) is 0 Å². The summed E-state index contributed by atoms with van der Waals surface area (Å²) in [6.07, 6.45) is 1.06. The summed E-state index contributed by atoms with van der Waals surface area (Å²) in [5.41, 5.74) is -0.275. The van der Waals surface area contributed by atoms with Crippen molar-refractivity contribution < 1.29 is 14.1 Å². The largest absolute Gasteiger partial charge is 0.490 e. The maximum absolute atomic E-state index is 13.5. The van der Waals surface area contributed by atoms with E-state index < -0.39 is 10.7 Å². The van der Waals surface area contributed by atoms with Gasteiger partial charge >= 0.3 is 0 Å². The number of rotatable bonds is 8. The smallest absolute Gasteiger partial charge is 0.272 e. The van der Waals surface area contributed by atoms with Crippen molar-refractivity contribution in [1.82, 2.24) is 5.32 Å². The Labute approximate surface area is 111 Å². The average molecular weight is 270 g/mol. The van der Waals surface area contributed by atoms with Crippen LogP contribution in [0.15, 0.2) is 18.2 Å². The van der Waals surface area contributed by atoms with Crippen molar-refractivity contribution in [2.45, 2.75) is 20.3 Å². The molecule has 1 rings (SSSR count). The Morgan fingerprint density at radius 3 is 2.84 bits per heavy atom. The molecule has 0 bridgehead atoms. The zero-order valence-corrected chi connectivity index (χ0v) is 11.2. The third-order valence-electron chi connectivity index (χ3n) is 2.57. The molecule has 0 aliphatic rings. The highest BCUT2D eigenvalue weighted by molar-refractivity contribution is 5.37. The van der Waals surface area contributed by atoms with Gasteiger partial charge in [-0.1, -0.05) is 13.8 Å². The molecule has 19 heavy (non-hydrogen) atoms. The highest BCUT2D eigenvalue weighted by atomic mass is 19.1. The van der Waals surface area contributed by atoms with Crippen molar-refractivity contribution >= 4 is 5.69 Å². The molecule has 1 aromatic rings. The van der Waals surface area contributed by atoms with Crippen LogP contribution in [0.1, 0.15) is 20.3 Å². The summed E-state index contributed by atoms with van der Waals surface area (Å²) in [7, 11) is 0. The normalized spacial score (nSPS) is 12.2. The van der Waals surface area contributed by atoms with Gasteiger partial charge in [-0.3, -0.25) is 10.1 Å². The first-order chi connectivity index (χ1) is 9.04. The van der Waals surface area contributed by atoms with E-state index in [1.165, 1.54) is 12.1 Å². The maximum atomic E-state index is 13.5. The van der Waals surface area contributed by atoms with Crippen LogP contribution in [0, 0.1) is 21.8 Å². The first kappa shape index (κ1) is 15.4. The molecule has 6 heteroatoms. The highest BCUT2D eigenvalue weighted by Crippen LogP contribution is 2.22. The Morgan fingerprint density at radius 2 is 2.26 bits per heavy atom. The SMILES string of the molecule is CCCNCC(C)COc1ccc([N+](=O)[O-])cc1F. The molecule has 1 unspecified atom stereocenters. The molecule has 0 aliphatic carbocycles. The highest BCUT2D eigenvalue weighted by Gasteiger charge is 2.12. The van der Waals surface area contributed by atoms with Gasteiger partial charge in [-0.05, 0) is 19.0 Å². The molecule has 0 fully saturated rings. The van der Waals surface area contributed by atoms with Crippen LogP contribution in [0.3, 0.4) is 0 Å². The van der Waals surface area contributed by atoms with Gasteiger partial charge in [-0.25, -0.2) is 4.39 Å². The van der Waals surface area contributed by atoms with Gasteiger partial charge in [0.1, 0.15) is 0 Å². The van der Waals surface area contributed by atoms with Crippen LogP contribution in [-0.2, 0) is 0 Å². The molecule has 0 saturated carbocycles. The number of ether oxygens (including phenoxy) is 1. The quantitative estimate of drug-likeness (QED) is 0.448. The summed E-state index contributed by atoms with van der Waals surface area (Å²) in [6.45, 7) is 6.18. The van der Waals surface area contributed by atoms with E-state index in [-0.39, 0.29) is 17.4 Å². The van der Waals surface area contributed by atoms with Crippen molar-refractivity contribution in [3.63, 3.8) is 0 Å². The van der Waals surface area contributed by atoms with Crippen molar-refractivity contribution in [3.05, 3.63) is 34.1 Å².